The fourth-order valence-electron chi connectivity index (χ4n) is 1.26. The Bertz CT molecular complexity index is 437. The number of ether oxygens (including phenoxy) is 1. The standard InChI is InChI=1S/C10H10N2O2/c1-14-10-5-3-2-4-9(10)12-7-8(13)6-11-12/h2-7,13H,1H3. The van der Waals surface area contributed by atoms with Gasteiger partial charge in [-0.05, 0) is 12.1 Å². The minimum absolute atomic E-state index is 0.135. The number of benzene rings is 1. The molecule has 0 saturated heterocycles. The van der Waals surface area contributed by atoms with E-state index in [4.69, 9.17) is 9.84 Å². The maximum atomic E-state index is 9.15. The second-order valence-corrected chi connectivity index (χ2v) is 2.81. The van der Waals surface area contributed by atoms with E-state index in [1.54, 1.807) is 11.8 Å². The number of para-hydroxylation sites is 2. The van der Waals surface area contributed by atoms with Crippen molar-refractivity contribution in [2.75, 3.05) is 7.11 Å². The Hall–Kier alpha value is -1.97. The van der Waals surface area contributed by atoms with E-state index in [0.717, 1.165) is 11.4 Å². The molecule has 0 saturated carbocycles. The molecule has 0 amide bonds. The zero-order chi connectivity index (χ0) is 9.97. The SMILES string of the molecule is COc1ccccc1-n1cc(O)cn1. The first-order valence-corrected chi connectivity index (χ1v) is 4.18. The minimum atomic E-state index is 0.135. The lowest BCUT2D eigenvalue weighted by Gasteiger charge is -2.06. The van der Waals surface area contributed by atoms with E-state index in [9.17, 15) is 0 Å². The quantitative estimate of drug-likeness (QED) is 0.782. The van der Waals surface area contributed by atoms with Crippen LogP contribution in [0.5, 0.6) is 11.5 Å². The predicted molar refractivity (Wildman–Crippen MR) is 51.8 cm³/mol. The molecule has 0 aliphatic heterocycles. The van der Waals surface area contributed by atoms with Crippen LogP contribution in [0.4, 0.5) is 0 Å². The van der Waals surface area contributed by atoms with Gasteiger partial charge < -0.3 is 9.84 Å². The summed E-state index contributed by atoms with van der Waals surface area (Å²) in [5.41, 5.74) is 0.801. The van der Waals surface area contributed by atoms with E-state index in [2.05, 4.69) is 5.10 Å². The van der Waals surface area contributed by atoms with Crippen LogP contribution in [-0.4, -0.2) is 22.0 Å². The summed E-state index contributed by atoms with van der Waals surface area (Å²) in [6.45, 7) is 0. The van der Waals surface area contributed by atoms with Crippen molar-refractivity contribution in [3.8, 4) is 17.2 Å². The summed E-state index contributed by atoms with van der Waals surface area (Å²) >= 11 is 0. The third-order valence-electron chi connectivity index (χ3n) is 1.90. The predicted octanol–water partition coefficient (Wildman–Crippen LogP) is 1.59. The van der Waals surface area contributed by atoms with Crippen LogP contribution in [0.25, 0.3) is 5.69 Å². The van der Waals surface area contributed by atoms with E-state index in [-0.39, 0.29) is 5.75 Å². The second kappa shape index (κ2) is 3.41. The van der Waals surface area contributed by atoms with E-state index < -0.39 is 0 Å². The molecule has 1 N–H and O–H groups in total. The number of aromatic hydroxyl groups is 1. The van der Waals surface area contributed by atoms with Crippen molar-refractivity contribution < 1.29 is 9.84 Å². The first-order valence-electron chi connectivity index (χ1n) is 4.18. The first-order chi connectivity index (χ1) is 6.81. The minimum Gasteiger partial charge on any atom is -0.505 e. The van der Waals surface area contributed by atoms with Gasteiger partial charge in [-0.2, -0.15) is 5.10 Å². The zero-order valence-electron chi connectivity index (χ0n) is 7.71. The van der Waals surface area contributed by atoms with Gasteiger partial charge >= 0.3 is 0 Å². The average Bonchev–Trinajstić information content (AvgIpc) is 2.65. The number of hydrogen-bond donors (Lipinski definition) is 1. The molecule has 0 fully saturated rings. The van der Waals surface area contributed by atoms with E-state index in [1.807, 2.05) is 24.3 Å². The van der Waals surface area contributed by atoms with Gasteiger partial charge in [-0.1, -0.05) is 12.1 Å². The van der Waals surface area contributed by atoms with E-state index in [0.29, 0.717) is 0 Å². The highest BCUT2D eigenvalue weighted by atomic mass is 16.5. The summed E-state index contributed by atoms with van der Waals surface area (Å²) in [5.74, 6) is 0.853. The molecule has 72 valence electrons. The van der Waals surface area contributed by atoms with Crippen molar-refractivity contribution in [1.29, 1.82) is 0 Å². The Morgan fingerprint density at radius 1 is 1.36 bits per heavy atom. The van der Waals surface area contributed by atoms with Crippen LogP contribution >= 0.6 is 0 Å². The van der Waals surface area contributed by atoms with Gasteiger partial charge in [-0.25, -0.2) is 4.68 Å². The molecule has 2 aromatic rings. The summed E-state index contributed by atoms with van der Waals surface area (Å²) < 4.78 is 6.73. The van der Waals surface area contributed by atoms with Gasteiger partial charge in [0.05, 0.1) is 19.5 Å². The molecule has 1 heterocycles. The average molecular weight is 190 g/mol. The molecule has 0 aliphatic carbocycles. The number of aromatic nitrogens is 2. The molecule has 0 spiro atoms. The molecule has 0 aliphatic rings. The van der Waals surface area contributed by atoms with Gasteiger partial charge in [0.25, 0.3) is 0 Å². The smallest absolute Gasteiger partial charge is 0.153 e. The molecule has 0 bridgehead atoms. The molecule has 4 nitrogen and oxygen atoms in total. The molecule has 1 aromatic heterocycles. The topological polar surface area (TPSA) is 47.3 Å². The van der Waals surface area contributed by atoms with Crippen LogP contribution < -0.4 is 4.74 Å². The normalized spacial score (nSPS) is 10.1. The molecule has 0 unspecified atom stereocenters. The fraction of sp³-hybridized carbons (Fsp3) is 0.100. The maximum absolute atomic E-state index is 9.15. The van der Waals surface area contributed by atoms with Gasteiger partial charge in [-0.15, -0.1) is 0 Å². The Balaban J connectivity index is 2.50. The number of rotatable bonds is 2. The Labute approximate surface area is 81.4 Å². The van der Waals surface area contributed by atoms with E-state index in [1.165, 1.54) is 12.4 Å². The molecular weight excluding hydrogens is 180 g/mol. The third kappa shape index (κ3) is 1.42. The Kier molecular flexibility index (Phi) is 2.10. The Morgan fingerprint density at radius 2 is 2.14 bits per heavy atom. The molecule has 4 heteroatoms. The molecular formula is C10H10N2O2. The van der Waals surface area contributed by atoms with Crippen LogP contribution in [0.1, 0.15) is 0 Å². The number of hydrogen-bond acceptors (Lipinski definition) is 3. The second-order valence-electron chi connectivity index (χ2n) is 2.81. The zero-order valence-corrected chi connectivity index (χ0v) is 7.71. The molecule has 1 aromatic carbocycles. The summed E-state index contributed by atoms with van der Waals surface area (Å²) in [7, 11) is 1.60. The summed E-state index contributed by atoms with van der Waals surface area (Å²) in [6, 6.07) is 7.47. The molecule has 0 atom stereocenters. The van der Waals surface area contributed by atoms with Crippen LogP contribution in [-0.2, 0) is 0 Å². The lowest BCUT2D eigenvalue weighted by atomic mass is 10.3. The highest BCUT2D eigenvalue weighted by molar-refractivity contribution is 5.46. The van der Waals surface area contributed by atoms with Crippen LogP contribution in [0.3, 0.4) is 0 Å². The van der Waals surface area contributed by atoms with Gasteiger partial charge in [0.1, 0.15) is 11.4 Å². The van der Waals surface area contributed by atoms with E-state index >= 15 is 0 Å². The molecule has 0 radical (unpaired) electrons. The van der Waals surface area contributed by atoms with Crippen molar-refractivity contribution in [2.45, 2.75) is 0 Å². The lowest BCUT2D eigenvalue weighted by Crippen LogP contribution is -1.97. The highest BCUT2D eigenvalue weighted by Gasteiger charge is 2.04. The van der Waals surface area contributed by atoms with Crippen molar-refractivity contribution in [3.05, 3.63) is 36.7 Å². The summed E-state index contributed by atoms with van der Waals surface area (Å²) in [6.07, 6.45) is 2.91. The largest absolute Gasteiger partial charge is 0.505 e. The van der Waals surface area contributed by atoms with Crippen LogP contribution in [0.15, 0.2) is 36.7 Å². The monoisotopic (exact) mass is 190 g/mol. The van der Waals surface area contributed by atoms with Crippen molar-refractivity contribution in [1.82, 2.24) is 9.78 Å². The third-order valence-corrected chi connectivity index (χ3v) is 1.90. The Morgan fingerprint density at radius 3 is 2.79 bits per heavy atom. The lowest BCUT2D eigenvalue weighted by molar-refractivity contribution is 0.411. The van der Waals surface area contributed by atoms with Gasteiger partial charge in [0.15, 0.2) is 5.75 Å². The molecule has 2 rings (SSSR count). The number of nitrogens with zero attached hydrogens (tertiary/aromatic N) is 2. The summed E-state index contributed by atoms with van der Waals surface area (Å²) in [5, 5.41) is 13.1. The van der Waals surface area contributed by atoms with Crippen LogP contribution in [0.2, 0.25) is 0 Å². The number of methoxy groups -OCH3 is 1. The fourth-order valence-corrected chi connectivity index (χ4v) is 1.26. The van der Waals surface area contributed by atoms with Crippen molar-refractivity contribution >= 4 is 0 Å². The first kappa shape index (κ1) is 8.62. The van der Waals surface area contributed by atoms with Crippen LogP contribution in [0, 0.1) is 0 Å². The van der Waals surface area contributed by atoms with Gasteiger partial charge in [0.2, 0.25) is 0 Å². The summed E-state index contributed by atoms with van der Waals surface area (Å²) in [4.78, 5) is 0. The van der Waals surface area contributed by atoms with Crippen molar-refractivity contribution in [2.24, 2.45) is 0 Å². The highest BCUT2D eigenvalue weighted by Crippen LogP contribution is 2.22. The van der Waals surface area contributed by atoms with Gasteiger partial charge in [-0.3, -0.25) is 0 Å². The molecule has 14 heavy (non-hydrogen) atoms. The maximum Gasteiger partial charge on any atom is 0.153 e. The van der Waals surface area contributed by atoms with Crippen molar-refractivity contribution in [3.63, 3.8) is 0 Å². The van der Waals surface area contributed by atoms with Gasteiger partial charge in [0, 0.05) is 0 Å².